The number of aromatic nitrogens is 4. The summed E-state index contributed by atoms with van der Waals surface area (Å²) in [6.07, 6.45) is -2.76. The van der Waals surface area contributed by atoms with Crippen molar-refractivity contribution in [2.24, 2.45) is 0 Å². The normalized spacial score (nSPS) is 18.3. The van der Waals surface area contributed by atoms with Crippen molar-refractivity contribution in [2.45, 2.75) is 45.5 Å². The van der Waals surface area contributed by atoms with Gasteiger partial charge in [-0.05, 0) is 64.5 Å². The van der Waals surface area contributed by atoms with Crippen LogP contribution in [0.2, 0.25) is 0 Å². The maximum Gasteiger partial charge on any atom is 0.417 e. The highest BCUT2D eigenvalue weighted by Gasteiger charge is 2.39. The van der Waals surface area contributed by atoms with E-state index < -0.39 is 23.1 Å². The number of anilines is 1. The SMILES string of the molecule is Cc1ccc2[nH]ncc2c1-c1c(C(F)(F)F)cc2c(N3C[C@@H](C)NC[C@@H]3C)nc(OCCCN(C)C)nc2c1F. The zero-order chi connectivity index (χ0) is 28.8. The number of piperazine rings is 1. The monoisotopic (exact) mass is 559 g/mol. The number of fused-ring (bicyclic) bond motifs is 2. The number of hydrogen-bond donors (Lipinski definition) is 2. The molecule has 1 saturated heterocycles. The van der Waals surface area contributed by atoms with Gasteiger partial charge in [-0.2, -0.15) is 28.2 Å². The first-order valence-corrected chi connectivity index (χ1v) is 13.3. The van der Waals surface area contributed by atoms with E-state index in [1.54, 1.807) is 19.1 Å². The van der Waals surface area contributed by atoms with Crippen LogP contribution < -0.4 is 15.0 Å². The van der Waals surface area contributed by atoms with Crippen molar-refractivity contribution in [1.82, 2.24) is 30.4 Å². The Kier molecular flexibility index (Phi) is 7.58. The summed E-state index contributed by atoms with van der Waals surface area (Å²) in [4.78, 5) is 12.8. The molecular weight excluding hydrogens is 526 g/mol. The first-order valence-electron chi connectivity index (χ1n) is 13.3. The fraction of sp³-hybridized carbons (Fsp3) is 0.464. The summed E-state index contributed by atoms with van der Waals surface area (Å²) in [6, 6.07) is 4.22. The number of benzene rings is 2. The molecule has 0 spiro atoms. The van der Waals surface area contributed by atoms with Gasteiger partial charge in [0, 0.05) is 48.1 Å². The van der Waals surface area contributed by atoms with E-state index in [4.69, 9.17) is 4.74 Å². The standard InChI is InChI=1S/C28H33F4N7O/c1-15-7-8-21-19(13-34-37-21)22(15)23-20(28(30,31)32)11-18-25(24(23)29)35-27(40-10-6-9-38(4)5)36-26(18)39-14-16(2)33-12-17(39)3/h7-8,11,13,16-17,33H,6,9-10,12,14H2,1-5H3,(H,34,37)/t16-,17+/m1/s1. The Morgan fingerprint density at radius 3 is 2.62 bits per heavy atom. The molecule has 1 aliphatic rings. The highest BCUT2D eigenvalue weighted by atomic mass is 19.4. The molecule has 0 unspecified atom stereocenters. The lowest BCUT2D eigenvalue weighted by atomic mass is 9.91. The van der Waals surface area contributed by atoms with Crippen LogP contribution in [0.4, 0.5) is 23.4 Å². The molecule has 12 heteroatoms. The summed E-state index contributed by atoms with van der Waals surface area (Å²) in [6.45, 7) is 7.69. The van der Waals surface area contributed by atoms with Crippen LogP contribution in [0.1, 0.15) is 31.4 Å². The lowest BCUT2D eigenvalue weighted by Gasteiger charge is -2.39. The molecule has 1 fully saturated rings. The molecule has 1 aliphatic heterocycles. The van der Waals surface area contributed by atoms with E-state index in [-0.39, 0.29) is 47.0 Å². The summed E-state index contributed by atoms with van der Waals surface area (Å²) < 4.78 is 66.5. The fourth-order valence-electron chi connectivity index (χ4n) is 5.26. The number of rotatable bonds is 7. The van der Waals surface area contributed by atoms with Gasteiger partial charge in [-0.3, -0.25) is 5.10 Å². The van der Waals surface area contributed by atoms with Crippen LogP contribution in [-0.4, -0.2) is 77.5 Å². The highest BCUT2D eigenvalue weighted by molar-refractivity contribution is 6.02. The average molecular weight is 560 g/mol. The van der Waals surface area contributed by atoms with Crippen molar-refractivity contribution in [2.75, 3.05) is 45.2 Å². The minimum absolute atomic E-state index is 0.00723. The zero-order valence-corrected chi connectivity index (χ0v) is 23.2. The van der Waals surface area contributed by atoms with Crippen LogP contribution >= 0.6 is 0 Å². The van der Waals surface area contributed by atoms with Crippen LogP contribution in [0.5, 0.6) is 6.01 Å². The molecule has 214 valence electrons. The molecule has 2 aromatic carbocycles. The summed E-state index contributed by atoms with van der Waals surface area (Å²) in [5, 5.41) is 10.5. The molecule has 0 saturated carbocycles. The predicted octanol–water partition coefficient (Wildman–Crippen LogP) is 5.16. The second-order valence-corrected chi connectivity index (χ2v) is 10.7. The quantitative estimate of drug-likeness (QED) is 0.239. The summed E-state index contributed by atoms with van der Waals surface area (Å²) in [5.41, 5.74) is -0.754. The van der Waals surface area contributed by atoms with Gasteiger partial charge in [0.25, 0.3) is 0 Å². The fourth-order valence-corrected chi connectivity index (χ4v) is 5.26. The maximum atomic E-state index is 16.6. The first kappa shape index (κ1) is 28.0. The number of H-pyrrole nitrogens is 1. The minimum atomic E-state index is -4.84. The van der Waals surface area contributed by atoms with Gasteiger partial charge in [0.05, 0.1) is 23.9 Å². The van der Waals surface area contributed by atoms with Crippen LogP contribution in [0, 0.1) is 12.7 Å². The van der Waals surface area contributed by atoms with Crippen molar-refractivity contribution in [3.05, 3.63) is 41.3 Å². The Balaban J connectivity index is 1.78. The second kappa shape index (κ2) is 10.8. The molecule has 2 atom stereocenters. The Bertz CT molecular complexity index is 1540. The molecule has 40 heavy (non-hydrogen) atoms. The largest absolute Gasteiger partial charge is 0.463 e. The van der Waals surface area contributed by atoms with E-state index in [2.05, 4.69) is 25.5 Å². The Hall–Kier alpha value is -3.51. The van der Waals surface area contributed by atoms with Gasteiger partial charge >= 0.3 is 12.2 Å². The number of aromatic amines is 1. The van der Waals surface area contributed by atoms with Crippen molar-refractivity contribution >= 4 is 27.6 Å². The third kappa shape index (κ3) is 5.29. The molecule has 2 aromatic heterocycles. The van der Waals surface area contributed by atoms with E-state index in [1.807, 2.05) is 37.7 Å². The van der Waals surface area contributed by atoms with Crippen molar-refractivity contribution < 1.29 is 22.3 Å². The summed E-state index contributed by atoms with van der Waals surface area (Å²) >= 11 is 0. The number of aryl methyl sites for hydroxylation is 1. The molecule has 3 heterocycles. The molecule has 0 aliphatic carbocycles. The van der Waals surface area contributed by atoms with Gasteiger partial charge in [0.1, 0.15) is 11.3 Å². The third-order valence-electron chi connectivity index (χ3n) is 7.30. The smallest absolute Gasteiger partial charge is 0.417 e. The molecule has 2 N–H and O–H groups in total. The van der Waals surface area contributed by atoms with Crippen molar-refractivity contribution in [3.8, 4) is 17.1 Å². The number of hydrogen-bond acceptors (Lipinski definition) is 7. The van der Waals surface area contributed by atoms with Gasteiger partial charge in [-0.25, -0.2) is 4.39 Å². The van der Waals surface area contributed by atoms with Crippen molar-refractivity contribution in [1.29, 1.82) is 0 Å². The molecule has 0 amide bonds. The Labute approximate surface area is 229 Å². The Morgan fingerprint density at radius 1 is 1.12 bits per heavy atom. The van der Waals surface area contributed by atoms with Gasteiger partial charge in [0.15, 0.2) is 5.82 Å². The molecule has 4 aromatic rings. The van der Waals surface area contributed by atoms with Crippen LogP contribution in [-0.2, 0) is 6.18 Å². The van der Waals surface area contributed by atoms with Gasteiger partial charge in [0.2, 0.25) is 0 Å². The van der Waals surface area contributed by atoms with Gasteiger partial charge in [-0.15, -0.1) is 0 Å². The molecule has 0 radical (unpaired) electrons. The second-order valence-electron chi connectivity index (χ2n) is 10.7. The predicted molar refractivity (Wildman–Crippen MR) is 147 cm³/mol. The van der Waals surface area contributed by atoms with Crippen LogP contribution in [0.15, 0.2) is 24.4 Å². The van der Waals surface area contributed by atoms with Crippen LogP contribution in [0.3, 0.4) is 0 Å². The van der Waals surface area contributed by atoms with Gasteiger partial charge < -0.3 is 19.9 Å². The lowest BCUT2D eigenvalue weighted by molar-refractivity contribution is -0.137. The highest BCUT2D eigenvalue weighted by Crippen LogP contribution is 2.46. The number of ether oxygens (including phenoxy) is 1. The topological polar surface area (TPSA) is 82.2 Å². The maximum absolute atomic E-state index is 16.6. The summed E-state index contributed by atoms with van der Waals surface area (Å²) in [5.74, 6) is -0.845. The molecular formula is C28H33F4N7O. The Morgan fingerprint density at radius 2 is 1.90 bits per heavy atom. The molecule has 5 rings (SSSR count). The van der Waals surface area contributed by atoms with E-state index in [9.17, 15) is 13.2 Å². The number of alkyl halides is 3. The molecule has 0 bridgehead atoms. The minimum Gasteiger partial charge on any atom is -0.463 e. The number of halogens is 4. The lowest BCUT2D eigenvalue weighted by Crippen LogP contribution is -2.54. The first-order chi connectivity index (χ1) is 19.0. The van der Waals surface area contributed by atoms with E-state index in [0.717, 1.165) is 12.6 Å². The molecule has 8 nitrogen and oxygen atoms in total. The van der Waals surface area contributed by atoms with Crippen LogP contribution in [0.25, 0.3) is 32.9 Å². The van der Waals surface area contributed by atoms with E-state index >= 15 is 4.39 Å². The average Bonchev–Trinajstić information content (AvgIpc) is 3.36. The number of nitrogens with one attached hydrogen (secondary N) is 2. The summed E-state index contributed by atoms with van der Waals surface area (Å²) in [7, 11) is 3.88. The third-order valence-corrected chi connectivity index (χ3v) is 7.30. The number of nitrogens with zero attached hydrogens (tertiary/aromatic N) is 5. The van der Waals surface area contributed by atoms with Gasteiger partial charge in [-0.1, -0.05) is 6.07 Å². The zero-order valence-electron chi connectivity index (χ0n) is 23.2. The van der Waals surface area contributed by atoms with Crippen molar-refractivity contribution in [3.63, 3.8) is 0 Å². The van der Waals surface area contributed by atoms with E-state index in [0.29, 0.717) is 36.0 Å². The van der Waals surface area contributed by atoms with E-state index in [1.165, 1.54) is 6.20 Å².